The second kappa shape index (κ2) is 7.09. The molecule has 21 heavy (non-hydrogen) atoms. The summed E-state index contributed by atoms with van der Waals surface area (Å²) in [5.41, 5.74) is 5.73. The van der Waals surface area contributed by atoms with Crippen molar-refractivity contribution in [3.63, 3.8) is 0 Å². The Morgan fingerprint density at radius 3 is 2.57 bits per heavy atom. The molecule has 0 radical (unpaired) electrons. The summed E-state index contributed by atoms with van der Waals surface area (Å²) in [5.74, 6) is 0.462. The van der Waals surface area contributed by atoms with Crippen molar-refractivity contribution in [3.05, 3.63) is 0 Å². The number of oxime groups is 1. The smallest absolute Gasteiger partial charge is 0.228 e. The predicted octanol–water partition coefficient (Wildman–Crippen LogP) is 0.0806. The van der Waals surface area contributed by atoms with Gasteiger partial charge in [-0.05, 0) is 19.8 Å². The normalized spacial score (nSPS) is 29.6. The molecule has 0 saturated carbocycles. The zero-order valence-electron chi connectivity index (χ0n) is 12.9. The first-order valence-electron chi connectivity index (χ1n) is 7.68. The Morgan fingerprint density at radius 1 is 1.43 bits per heavy atom. The SMILES string of the molecule is CCC(C(N)=NO)N1CCN(C(=O)C2COC(C)C2)CC1. The summed E-state index contributed by atoms with van der Waals surface area (Å²) in [5, 5.41) is 11.9. The standard InChI is InChI=1S/C14H26N4O3/c1-3-12(13(15)16-20)17-4-6-18(7-5-17)14(19)11-8-10(2)21-9-11/h10-12,20H,3-9H2,1-2H3,(H2,15,16). The van der Waals surface area contributed by atoms with E-state index < -0.39 is 0 Å². The third kappa shape index (κ3) is 3.65. The summed E-state index contributed by atoms with van der Waals surface area (Å²) in [6.45, 7) is 7.46. The minimum Gasteiger partial charge on any atom is -0.409 e. The number of carbonyl (C=O) groups excluding carboxylic acids is 1. The quantitative estimate of drug-likeness (QED) is 0.332. The van der Waals surface area contributed by atoms with Crippen LogP contribution in [0.15, 0.2) is 5.16 Å². The Labute approximate surface area is 125 Å². The van der Waals surface area contributed by atoms with Gasteiger partial charge in [-0.25, -0.2) is 0 Å². The Balaban J connectivity index is 1.86. The van der Waals surface area contributed by atoms with Gasteiger partial charge < -0.3 is 20.6 Å². The molecule has 7 nitrogen and oxygen atoms in total. The molecule has 2 rings (SSSR count). The molecular formula is C14H26N4O3. The number of ether oxygens (including phenoxy) is 1. The van der Waals surface area contributed by atoms with Crippen LogP contribution in [0.3, 0.4) is 0 Å². The van der Waals surface area contributed by atoms with Crippen LogP contribution >= 0.6 is 0 Å². The van der Waals surface area contributed by atoms with Gasteiger partial charge in [0, 0.05) is 26.2 Å². The third-order valence-electron chi connectivity index (χ3n) is 4.46. The number of amides is 1. The summed E-state index contributed by atoms with van der Waals surface area (Å²) in [6, 6.07) is -0.0536. The van der Waals surface area contributed by atoms with Gasteiger partial charge in [0.1, 0.15) is 0 Å². The first-order valence-corrected chi connectivity index (χ1v) is 7.68. The number of nitrogens with two attached hydrogens (primary N) is 1. The minimum absolute atomic E-state index is 0.0117. The molecule has 3 unspecified atom stereocenters. The van der Waals surface area contributed by atoms with E-state index in [4.69, 9.17) is 15.7 Å². The molecular weight excluding hydrogens is 272 g/mol. The fourth-order valence-corrected chi connectivity index (χ4v) is 3.22. The molecule has 7 heteroatoms. The lowest BCUT2D eigenvalue weighted by molar-refractivity contribution is -0.137. The van der Waals surface area contributed by atoms with Gasteiger partial charge in [-0.3, -0.25) is 9.69 Å². The summed E-state index contributed by atoms with van der Waals surface area (Å²) in [7, 11) is 0. The maximum atomic E-state index is 12.4. The highest BCUT2D eigenvalue weighted by atomic mass is 16.5. The lowest BCUT2D eigenvalue weighted by Crippen LogP contribution is -2.56. The van der Waals surface area contributed by atoms with Crippen molar-refractivity contribution in [2.75, 3.05) is 32.8 Å². The lowest BCUT2D eigenvalue weighted by atomic mass is 10.0. The van der Waals surface area contributed by atoms with Crippen LogP contribution in [-0.2, 0) is 9.53 Å². The molecule has 0 bridgehead atoms. The van der Waals surface area contributed by atoms with Crippen LogP contribution in [0.4, 0.5) is 0 Å². The molecule has 0 aromatic rings. The lowest BCUT2D eigenvalue weighted by Gasteiger charge is -2.39. The molecule has 3 atom stereocenters. The van der Waals surface area contributed by atoms with E-state index in [2.05, 4.69) is 10.1 Å². The van der Waals surface area contributed by atoms with Gasteiger partial charge in [-0.1, -0.05) is 12.1 Å². The van der Waals surface area contributed by atoms with E-state index in [1.807, 2.05) is 18.7 Å². The molecule has 0 aromatic carbocycles. The van der Waals surface area contributed by atoms with Crippen LogP contribution in [0.2, 0.25) is 0 Å². The van der Waals surface area contributed by atoms with Gasteiger partial charge >= 0.3 is 0 Å². The van der Waals surface area contributed by atoms with Crippen LogP contribution in [0.1, 0.15) is 26.7 Å². The highest BCUT2D eigenvalue weighted by molar-refractivity contribution is 5.85. The van der Waals surface area contributed by atoms with Crippen molar-refractivity contribution in [3.8, 4) is 0 Å². The number of hydrogen-bond donors (Lipinski definition) is 2. The highest BCUT2D eigenvalue weighted by Gasteiger charge is 2.34. The Bertz CT molecular complexity index is 394. The number of amidine groups is 1. The van der Waals surface area contributed by atoms with Crippen LogP contribution in [-0.4, -0.2) is 71.7 Å². The van der Waals surface area contributed by atoms with Crippen molar-refractivity contribution in [1.29, 1.82) is 0 Å². The molecule has 0 aliphatic carbocycles. The maximum absolute atomic E-state index is 12.4. The molecule has 0 spiro atoms. The monoisotopic (exact) mass is 298 g/mol. The minimum atomic E-state index is -0.0536. The Kier molecular flexibility index (Phi) is 5.41. The Morgan fingerprint density at radius 2 is 2.10 bits per heavy atom. The summed E-state index contributed by atoms with van der Waals surface area (Å²) >= 11 is 0. The first-order chi connectivity index (χ1) is 10.1. The number of carbonyl (C=O) groups is 1. The van der Waals surface area contributed by atoms with Gasteiger partial charge in [-0.15, -0.1) is 0 Å². The molecule has 2 fully saturated rings. The van der Waals surface area contributed by atoms with Crippen molar-refractivity contribution >= 4 is 11.7 Å². The molecule has 120 valence electrons. The fourth-order valence-electron chi connectivity index (χ4n) is 3.22. The molecule has 2 heterocycles. The van der Waals surface area contributed by atoms with Crippen molar-refractivity contribution < 1.29 is 14.7 Å². The summed E-state index contributed by atoms with van der Waals surface area (Å²) in [4.78, 5) is 16.5. The van der Waals surface area contributed by atoms with Gasteiger partial charge in [0.2, 0.25) is 5.91 Å². The summed E-state index contributed by atoms with van der Waals surface area (Å²) in [6.07, 6.45) is 1.80. The average molecular weight is 298 g/mol. The first kappa shape index (κ1) is 16.0. The maximum Gasteiger partial charge on any atom is 0.228 e. The number of nitrogens with zero attached hydrogens (tertiary/aromatic N) is 3. The molecule has 2 saturated heterocycles. The summed E-state index contributed by atoms with van der Waals surface area (Å²) < 4.78 is 5.48. The fraction of sp³-hybridized carbons (Fsp3) is 0.857. The molecule has 3 N–H and O–H groups in total. The Hall–Kier alpha value is -1.34. The predicted molar refractivity (Wildman–Crippen MR) is 79.2 cm³/mol. The van der Waals surface area contributed by atoms with Crippen LogP contribution in [0, 0.1) is 5.92 Å². The second-order valence-electron chi connectivity index (χ2n) is 5.89. The topological polar surface area (TPSA) is 91.4 Å². The van der Waals surface area contributed by atoms with Gasteiger partial charge in [0.25, 0.3) is 0 Å². The number of hydrogen-bond acceptors (Lipinski definition) is 5. The van der Waals surface area contributed by atoms with Gasteiger partial charge in [-0.2, -0.15) is 0 Å². The molecule has 2 aliphatic rings. The van der Waals surface area contributed by atoms with Crippen LogP contribution in [0.5, 0.6) is 0 Å². The largest absolute Gasteiger partial charge is 0.409 e. The van der Waals surface area contributed by atoms with E-state index >= 15 is 0 Å². The van der Waals surface area contributed by atoms with E-state index in [9.17, 15) is 4.79 Å². The van der Waals surface area contributed by atoms with Crippen molar-refractivity contribution in [1.82, 2.24) is 9.80 Å². The van der Waals surface area contributed by atoms with E-state index in [1.54, 1.807) is 0 Å². The average Bonchev–Trinajstić information content (AvgIpc) is 2.94. The molecule has 2 aliphatic heterocycles. The van der Waals surface area contributed by atoms with E-state index in [1.165, 1.54) is 0 Å². The van der Waals surface area contributed by atoms with E-state index in [-0.39, 0.29) is 29.8 Å². The van der Waals surface area contributed by atoms with Gasteiger partial charge in [0.05, 0.1) is 24.7 Å². The number of rotatable bonds is 4. The zero-order chi connectivity index (χ0) is 15.4. The van der Waals surface area contributed by atoms with Gasteiger partial charge in [0.15, 0.2) is 5.84 Å². The van der Waals surface area contributed by atoms with Crippen molar-refractivity contribution in [2.45, 2.75) is 38.8 Å². The van der Waals surface area contributed by atoms with E-state index in [0.717, 1.165) is 25.9 Å². The third-order valence-corrected chi connectivity index (χ3v) is 4.46. The van der Waals surface area contributed by atoms with E-state index in [0.29, 0.717) is 19.7 Å². The zero-order valence-corrected chi connectivity index (χ0v) is 12.9. The number of piperazine rings is 1. The van der Waals surface area contributed by atoms with Crippen molar-refractivity contribution in [2.24, 2.45) is 16.8 Å². The second-order valence-corrected chi connectivity index (χ2v) is 5.89. The highest BCUT2D eigenvalue weighted by Crippen LogP contribution is 2.22. The molecule has 0 aromatic heterocycles. The van der Waals surface area contributed by atoms with Crippen LogP contribution < -0.4 is 5.73 Å². The molecule has 1 amide bonds. The van der Waals surface area contributed by atoms with Crippen LogP contribution in [0.25, 0.3) is 0 Å².